The fraction of sp³-hybridized carbons (Fsp3) is 0.333. The van der Waals surface area contributed by atoms with Crippen LogP contribution in [0.25, 0.3) is 0 Å². The molecular formula is C12H15NO2S. The molecule has 0 saturated carbocycles. The zero-order chi connectivity index (χ0) is 11.6. The van der Waals surface area contributed by atoms with Crippen LogP contribution in [0.4, 0.5) is 5.69 Å². The molecule has 1 aliphatic rings. The van der Waals surface area contributed by atoms with Crippen molar-refractivity contribution in [3.8, 4) is 0 Å². The van der Waals surface area contributed by atoms with Gasteiger partial charge in [-0.15, -0.1) is 0 Å². The van der Waals surface area contributed by atoms with Crippen LogP contribution in [0.3, 0.4) is 0 Å². The van der Waals surface area contributed by atoms with E-state index in [0.717, 1.165) is 12.1 Å². The maximum atomic E-state index is 11.3. The normalized spacial score (nSPS) is 22.2. The van der Waals surface area contributed by atoms with Crippen LogP contribution in [0.15, 0.2) is 35.7 Å². The van der Waals surface area contributed by atoms with Gasteiger partial charge < -0.3 is 5.32 Å². The number of sulfone groups is 1. The van der Waals surface area contributed by atoms with Gasteiger partial charge in [0.15, 0.2) is 9.84 Å². The lowest BCUT2D eigenvalue weighted by Gasteiger charge is -2.14. The first-order chi connectivity index (χ1) is 7.61. The molecule has 0 bridgehead atoms. The third-order valence-corrected chi connectivity index (χ3v) is 4.06. The highest BCUT2D eigenvalue weighted by molar-refractivity contribution is 7.94. The van der Waals surface area contributed by atoms with E-state index in [1.165, 1.54) is 11.0 Å². The quantitative estimate of drug-likeness (QED) is 0.874. The SMILES string of the molecule is CCc1ccccc1N[C@@H]1C=CS(=O)(=O)C1. The highest BCUT2D eigenvalue weighted by atomic mass is 32.2. The van der Waals surface area contributed by atoms with E-state index < -0.39 is 9.84 Å². The average Bonchev–Trinajstić information content (AvgIpc) is 2.59. The zero-order valence-corrected chi connectivity index (χ0v) is 10.00. The van der Waals surface area contributed by atoms with Gasteiger partial charge in [0.1, 0.15) is 0 Å². The summed E-state index contributed by atoms with van der Waals surface area (Å²) in [6, 6.07) is 7.88. The predicted octanol–water partition coefficient (Wildman–Crippen LogP) is 1.97. The summed E-state index contributed by atoms with van der Waals surface area (Å²) in [5, 5.41) is 4.54. The molecule has 1 heterocycles. The van der Waals surface area contributed by atoms with Crippen molar-refractivity contribution in [2.75, 3.05) is 11.1 Å². The van der Waals surface area contributed by atoms with Crippen LogP contribution in [0, 0.1) is 0 Å². The van der Waals surface area contributed by atoms with Crippen molar-refractivity contribution in [2.45, 2.75) is 19.4 Å². The Morgan fingerprint density at radius 1 is 1.38 bits per heavy atom. The summed E-state index contributed by atoms with van der Waals surface area (Å²) in [5.41, 5.74) is 2.23. The molecule has 1 aromatic rings. The van der Waals surface area contributed by atoms with Gasteiger partial charge in [0.25, 0.3) is 0 Å². The highest BCUT2D eigenvalue weighted by Crippen LogP contribution is 2.19. The summed E-state index contributed by atoms with van der Waals surface area (Å²) < 4.78 is 22.5. The summed E-state index contributed by atoms with van der Waals surface area (Å²) in [6.07, 6.45) is 2.65. The number of benzene rings is 1. The van der Waals surface area contributed by atoms with Crippen molar-refractivity contribution in [3.63, 3.8) is 0 Å². The molecule has 0 saturated heterocycles. The summed E-state index contributed by atoms with van der Waals surface area (Å²) in [7, 11) is -2.98. The van der Waals surface area contributed by atoms with E-state index >= 15 is 0 Å². The van der Waals surface area contributed by atoms with Gasteiger partial charge >= 0.3 is 0 Å². The van der Waals surface area contributed by atoms with E-state index in [0.29, 0.717) is 0 Å². The molecule has 2 rings (SSSR count). The Labute approximate surface area is 96.1 Å². The Morgan fingerprint density at radius 3 is 2.75 bits per heavy atom. The standard InChI is InChI=1S/C12H15NO2S/c1-2-10-5-3-4-6-12(10)13-11-7-8-16(14,15)9-11/h3-8,11,13H,2,9H2,1H3/t11-/m1/s1. The topological polar surface area (TPSA) is 46.2 Å². The fourth-order valence-electron chi connectivity index (χ4n) is 1.83. The predicted molar refractivity (Wildman–Crippen MR) is 66.2 cm³/mol. The second-order valence-electron chi connectivity index (χ2n) is 3.92. The third kappa shape index (κ3) is 2.44. The molecule has 0 aromatic heterocycles. The van der Waals surface area contributed by atoms with Gasteiger partial charge in [-0.25, -0.2) is 8.42 Å². The lowest BCUT2D eigenvalue weighted by molar-refractivity contribution is 0.605. The number of rotatable bonds is 3. The van der Waals surface area contributed by atoms with Gasteiger partial charge in [-0.05, 0) is 18.1 Å². The van der Waals surface area contributed by atoms with E-state index in [1.54, 1.807) is 6.08 Å². The van der Waals surface area contributed by atoms with E-state index in [4.69, 9.17) is 0 Å². The lowest BCUT2D eigenvalue weighted by Crippen LogP contribution is -2.21. The first kappa shape index (κ1) is 11.2. The van der Waals surface area contributed by atoms with E-state index in [-0.39, 0.29) is 11.8 Å². The first-order valence-electron chi connectivity index (χ1n) is 5.36. The van der Waals surface area contributed by atoms with Crippen LogP contribution < -0.4 is 5.32 Å². The summed E-state index contributed by atoms with van der Waals surface area (Å²) in [4.78, 5) is 0. The molecular weight excluding hydrogens is 222 g/mol. The molecule has 1 aromatic carbocycles. The van der Waals surface area contributed by atoms with Gasteiger partial charge in [0.05, 0.1) is 11.8 Å². The molecule has 4 heteroatoms. The Morgan fingerprint density at radius 2 is 2.12 bits per heavy atom. The second-order valence-corrected chi connectivity index (χ2v) is 5.85. The Hall–Kier alpha value is -1.29. The molecule has 1 aliphatic heterocycles. The molecule has 0 aliphatic carbocycles. The van der Waals surface area contributed by atoms with Gasteiger partial charge in [0.2, 0.25) is 0 Å². The van der Waals surface area contributed by atoms with Crippen molar-refractivity contribution >= 4 is 15.5 Å². The maximum Gasteiger partial charge on any atom is 0.173 e. The minimum Gasteiger partial charge on any atom is -0.378 e. The Balaban J connectivity index is 2.14. The molecule has 0 spiro atoms. The Bertz CT molecular complexity index is 506. The van der Waals surface area contributed by atoms with Crippen molar-refractivity contribution in [1.29, 1.82) is 0 Å². The molecule has 0 amide bonds. The molecule has 1 atom stereocenters. The lowest BCUT2D eigenvalue weighted by atomic mass is 10.1. The van der Waals surface area contributed by atoms with E-state index in [2.05, 4.69) is 18.3 Å². The number of para-hydroxylation sites is 1. The van der Waals surface area contributed by atoms with Crippen LogP contribution >= 0.6 is 0 Å². The number of aryl methyl sites for hydroxylation is 1. The Kier molecular flexibility index (Phi) is 3.01. The van der Waals surface area contributed by atoms with Gasteiger partial charge in [0, 0.05) is 11.1 Å². The monoisotopic (exact) mass is 237 g/mol. The van der Waals surface area contributed by atoms with Crippen LogP contribution in [-0.2, 0) is 16.3 Å². The molecule has 0 unspecified atom stereocenters. The van der Waals surface area contributed by atoms with E-state index in [9.17, 15) is 8.42 Å². The van der Waals surface area contributed by atoms with Gasteiger partial charge in [-0.1, -0.05) is 31.2 Å². The van der Waals surface area contributed by atoms with Crippen LogP contribution in [0.2, 0.25) is 0 Å². The minimum absolute atomic E-state index is 0.0994. The smallest absolute Gasteiger partial charge is 0.173 e. The highest BCUT2D eigenvalue weighted by Gasteiger charge is 2.21. The van der Waals surface area contributed by atoms with Crippen molar-refractivity contribution in [1.82, 2.24) is 0 Å². The summed E-state index contributed by atoms with van der Waals surface area (Å²) in [6.45, 7) is 2.09. The summed E-state index contributed by atoms with van der Waals surface area (Å²) in [5.74, 6) is 0.158. The number of anilines is 1. The average molecular weight is 237 g/mol. The van der Waals surface area contributed by atoms with Crippen LogP contribution in [0.1, 0.15) is 12.5 Å². The third-order valence-electron chi connectivity index (χ3n) is 2.67. The van der Waals surface area contributed by atoms with Gasteiger partial charge in [-0.3, -0.25) is 0 Å². The van der Waals surface area contributed by atoms with Gasteiger partial charge in [-0.2, -0.15) is 0 Å². The first-order valence-corrected chi connectivity index (χ1v) is 7.07. The zero-order valence-electron chi connectivity index (χ0n) is 9.18. The molecule has 1 N–H and O–H groups in total. The van der Waals surface area contributed by atoms with Crippen molar-refractivity contribution in [3.05, 3.63) is 41.3 Å². The number of hydrogen-bond acceptors (Lipinski definition) is 3. The summed E-state index contributed by atoms with van der Waals surface area (Å²) >= 11 is 0. The molecule has 0 radical (unpaired) electrons. The molecule has 3 nitrogen and oxygen atoms in total. The van der Waals surface area contributed by atoms with Crippen LogP contribution in [-0.4, -0.2) is 20.2 Å². The van der Waals surface area contributed by atoms with E-state index in [1.807, 2.05) is 18.2 Å². The minimum atomic E-state index is -2.98. The second kappa shape index (κ2) is 4.29. The fourth-order valence-corrected chi connectivity index (χ4v) is 3.07. The number of nitrogens with one attached hydrogen (secondary N) is 1. The molecule has 0 fully saturated rings. The van der Waals surface area contributed by atoms with Crippen LogP contribution in [0.5, 0.6) is 0 Å². The molecule has 16 heavy (non-hydrogen) atoms. The maximum absolute atomic E-state index is 11.3. The van der Waals surface area contributed by atoms with Crippen molar-refractivity contribution in [2.24, 2.45) is 0 Å². The van der Waals surface area contributed by atoms with Crippen molar-refractivity contribution < 1.29 is 8.42 Å². The molecule has 86 valence electrons. The largest absolute Gasteiger partial charge is 0.378 e. The number of hydrogen-bond donors (Lipinski definition) is 1.